The van der Waals surface area contributed by atoms with Crippen LogP contribution < -0.4 is 10.5 Å². The topological polar surface area (TPSA) is 92.5 Å². The number of sulfonamides is 1. The van der Waals surface area contributed by atoms with E-state index in [0.717, 1.165) is 30.4 Å². The molecule has 25 heavy (non-hydrogen) atoms. The molecule has 0 aromatic heterocycles. The Morgan fingerprint density at radius 1 is 1.28 bits per heavy atom. The van der Waals surface area contributed by atoms with E-state index in [0.29, 0.717) is 25.4 Å². The number of hydrogen-bond donors (Lipinski definition) is 2. The molecule has 1 aliphatic carbocycles. The molecule has 2 aliphatic rings. The normalized spacial score (nSPS) is 20.5. The second-order valence-corrected chi connectivity index (χ2v) is 9.12. The zero-order valence-corrected chi connectivity index (χ0v) is 15.7. The molecule has 1 fully saturated rings. The number of carbonyl (C=O) groups is 1. The van der Waals surface area contributed by atoms with E-state index in [1.54, 1.807) is 19.1 Å². The fraction of sp³-hybridized carbons (Fsp3) is 0.611. The summed E-state index contributed by atoms with van der Waals surface area (Å²) < 4.78 is 28.5. The first-order valence-electron chi connectivity index (χ1n) is 8.86. The van der Waals surface area contributed by atoms with Gasteiger partial charge in [0, 0.05) is 32.1 Å². The highest BCUT2D eigenvalue weighted by atomic mass is 32.2. The van der Waals surface area contributed by atoms with Gasteiger partial charge in [0.2, 0.25) is 15.9 Å². The Bertz CT molecular complexity index is 774. The second-order valence-electron chi connectivity index (χ2n) is 7.44. The van der Waals surface area contributed by atoms with Crippen molar-refractivity contribution in [1.29, 1.82) is 0 Å². The minimum Gasteiger partial charge on any atom is -0.342 e. The summed E-state index contributed by atoms with van der Waals surface area (Å²) >= 11 is 0. The number of amides is 1. The van der Waals surface area contributed by atoms with Crippen LogP contribution in [0.4, 0.5) is 0 Å². The number of nitrogens with one attached hydrogen (secondary N) is 1. The van der Waals surface area contributed by atoms with Crippen molar-refractivity contribution in [2.24, 2.45) is 11.7 Å². The molecule has 1 unspecified atom stereocenters. The lowest BCUT2D eigenvalue weighted by Gasteiger charge is -2.29. The third-order valence-electron chi connectivity index (χ3n) is 5.51. The summed E-state index contributed by atoms with van der Waals surface area (Å²) in [7, 11) is -3.62. The Kier molecular flexibility index (Phi) is 4.92. The Labute approximate surface area is 149 Å². The van der Waals surface area contributed by atoms with E-state index in [9.17, 15) is 13.2 Å². The number of benzene rings is 1. The molecule has 6 nitrogen and oxygen atoms in total. The van der Waals surface area contributed by atoms with Crippen LogP contribution in [-0.2, 0) is 27.7 Å². The SMILES string of the molecule is CC(=O)N1CCc2ccc(S(=O)(=O)NC(C)(CN)C3CC3)cc2CC1. The largest absolute Gasteiger partial charge is 0.342 e. The predicted octanol–water partition coefficient (Wildman–Crippen LogP) is 1.04. The summed E-state index contributed by atoms with van der Waals surface area (Å²) in [6, 6.07) is 5.30. The van der Waals surface area contributed by atoms with Gasteiger partial charge in [0.15, 0.2) is 0 Å². The maximum atomic E-state index is 12.9. The van der Waals surface area contributed by atoms with Crippen LogP contribution in [0.15, 0.2) is 23.1 Å². The fourth-order valence-electron chi connectivity index (χ4n) is 3.56. The van der Waals surface area contributed by atoms with Gasteiger partial charge >= 0.3 is 0 Å². The second kappa shape index (κ2) is 6.70. The monoisotopic (exact) mass is 365 g/mol. The molecule has 0 saturated heterocycles. The molecular formula is C18H27N3O3S. The van der Waals surface area contributed by atoms with Crippen molar-refractivity contribution in [3.8, 4) is 0 Å². The van der Waals surface area contributed by atoms with Crippen molar-refractivity contribution in [2.75, 3.05) is 19.6 Å². The number of hydrogen-bond acceptors (Lipinski definition) is 4. The smallest absolute Gasteiger partial charge is 0.241 e. The number of nitrogens with two attached hydrogens (primary N) is 1. The summed E-state index contributed by atoms with van der Waals surface area (Å²) in [6.07, 6.45) is 3.46. The quantitative estimate of drug-likeness (QED) is 0.815. The maximum absolute atomic E-state index is 12.9. The third kappa shape index (κ3) is 3.88. The van der Waals surface area contributed by atoms with Gasteiger partial charge in [0.25, 0.3) is 0 Å². The van der Waals surface area contributed by atoms with Crippen molar-refractivity contribution < 1.29 is 13.2 Å². The number of nitrogens with zero attached hydrogens (tertiary/aromatic N) is 1. The summed E-state index contributed by atoms with van der Waals surface area (Å²) in [5.74, 6) is 0.377. The lowest BCUT2D eigenvalue weighted by atomic mass is 9.98. The summed E-state index contributed by atoms with van der Waals surface area (Å²) in [5, 5.41) is 0. The molecular weight excluding hydrogens is 338 g/mol. The standard InChI is InChI=1S/C18H27N3O3S/c1-13(22)21-9-7-14-3-6-17(11-15(14)8-10-21)25(23,24)20-18(2,12-19)16-4-5-16/h3,6,11,16,20H,4-5,7-10,12,19H2,1-2H3. The van der Waals surface area contributed by atoms with E-state index in [1.165, 1.54) is 0 Å². The van der Waals surface area contributed by atoms with E-state index in [1.807, 2.05) is 17.9 Å². The third-order valence-corrected chi connectivity index (χ3v) is 7.12. The molecule has 1 saturated carbocycles. The molecule has 1 aromatic carbocycles. The zero-order chi connectivity index (χ0) is 18.2. The molecule has 0 radical (unpaired) electrons. The van der Waals surface area contributed by atoms with Crippen LogP contribution >= 0.6 is 0 Å². The number of rotatable bonds is 5. The summed E-state index contributed by atoms with van der Waals surface area (Å²) in [6.45, 7) is 5.05. The van der Waals surface area contributed by atoms with E-state index < -0.39 is 15.6 Å². The Morgan fingerprint density at radius 3 is 2.48 bits per heavy atom. The molecule has 3 N–H and O–H groups in total. The molecule has 1 aliphatic heterocycles. The lowest BCUT2D eigenvalue weighted by Crippen LogP contribution is -2.52. The zero-order valence-electron chi connectivity index (χ0n) is 14.9. The lowest BCUT2D eigenvalue weighted by molar-refractivity contribution is -0.128. The van der Waals surface area contributed by atoms with Gasteiger partial charge in [-0.1, -0.05) is 6.07 Å². The van der Waals surface area contributed by atoms with Crippen molar-refractivity contribution in [2.45, 2.75) is 50.0 Å². The van der Waals surface area contributed by atoms with Gasteiger partial charge in [-0.15, -0.1) is 0 Å². The molecule has 1 heterocycles. The number of carbonyl (C=O) groups excluding carboxylic acids is 1. The van der Waals surface area contributed by atoms with Crippen LogP contribution in [0, 0.1) is 5.92 Å². The molecule has 0 bridgehead atoms. The van der Waals surface area contributed by atoms with Crippen LogP contribution in [0.3, 0.4) is 0 Å². The average Bonchev–Trinajstić information content (AvgIpc) is 3.40. The van der Waals surface area contributed by atoms with Gasteiger partial charge in [-0.2, -0.15) is 0 Å². The van der Waals surface area contributed by atoms with Gasteiger partial charge in [0.05, 0.1) is 4.90 Å². The van der Waals surface area contributed by atoms with Gasteiger partial charge in [-0.3, -0.25) is 4.79 Å². The molecule has 7 heteroatoms. The Balaban J connectivity index is 1.83. The molecule has 1 aromatic rings. The first-order chi connectivity index (χ1) is 11.7. The van der Waals surface area contributed by atoms with E-state index in [-0.39, 0.29) is 17.3 Å². The molecule has 1 amide bonds. The van der Waals surface area contributed by atoms with E-state index in [2.05, 4.69) is 4.72 Å². The van der Waals surface area contributed by atoms with Crippen molar-refractivity contribution in [3.63, 3.8) is 0 Å². The maximum Gasteiger partial charge on any atom is 0.241 e. The number of fused-ring (bicyclic) bond motifs is 1. The van der Waals surface area contributed by atoms with Crippen molar-refractivity contribution >= 4 is 15.9 Å². The summed E-state index contributed by atoms with van der Waals surface area (Å²) in [5.41, 5.74) is 7.38. The molecule has 3 rings (SSSR count). The van der Waals surface area contributed by atoms with Crippen LogP contribution in [0.5, 0.6) is 0 Å². The first kappa shape index (κ1) is 18.4. The fourth-order valence-corrected chi connectivity index (χ4v) is 5.09. The summed E-state index contributed by atoms with van der Waals surface area (Å²) in [4.78, 5) is 13.7. The van der Waals surface area contributed by atoms with Crippen molar-refractivity contribution in [1.82, 2.24) is 9.62 Å². The van der Waals surface area contributed by atoms with Gasteiger partial charge in [-0.05, 0) is 61.8 Å². The average molecular weight is 365 g/mol. The highest BCUT2D eigenvalue weighted by molar-refractivity contribution is 7.89. The van der Waals surface area contributed by atoms with Crippen LogP contribution in [0.25, 0.3) is 0 Å². The highest BCUT2D eigenvalue weighted by Crippen LogP contribution is 2.39. The van der Waals surface area contributed by atoms with E-state index in [4.69, 9.17) is 5.73 Å². The predicted molar refractivity (Wildman–Crippen MR) is 96.6 cm³/mol. The minimum absolute atomic E-state index is 0.0606. The van der Waals surface area contributed by atoms with Gasteiger partial charge < -0.3 is 10.6 Å². The Morgan fingerprint density at radius 2 is 1.92 bits per heavy atom. The van der Waals surface area contributed by atoms with Crippen LogP contribution in [0.2, 0.25) is 0 Å². The molecule has 138 valence electrons. The van der Waals surface area contributed by atoms with Crippen molar-refractivity contribution in [3.05, 3.63) is 29.3 Å². The first-order valence-corrected chi connectivity index (χ1v) is 10.3. The van der Waals surface area contributed by atoms with Gasteiger partial charge in [0.1, 0.15) is 0 Å². The van der Waals surface area contributed by atoms with Crippen LogP contribution in [-0.4, -0.2) is 44.4 Å². The highest BCUT2D eigenvalue weighted by Gasteiger charge is 2.43. The minimum atomic E-state index is -3.62. The molecule has 1 atom stereocenters. The van der Waals surface area contributed by atoms with Crippen LogP contribution in [0.1, 0.15) is 37.8 Å². The van der Waals surface area contributed by atoms with Gasteiger partial charge in [-0.25, -0.2) is 13.1 Å². The molecule has 0 spiro atoms. The Hall–Kier alpha value is -1.44. The van der Waals surface area contributed by atoms with E-state index >= 15 is 0 Å².